The van der Waals surface area contributed by atoms with Gasteiger partial charge >= 0.3 is 0 Å². The Bertz CT molecular complexity index is 204. The molecule has 68 valence electrons. The lowest BCUT2D eigenvalue weighted by atomic mass is 9.85. The van der Waals surface area contributed by atoms with Gasteiger partial charge in [-0.05, 0) is 37.7 Å². The van der Waals surface area contributed by atoms with Gasteiger partial charge in [-0.3, -0.25) is 0 Å². The van der Waals surface area contributed by atoms with Gasteiger partial charge in [-0.25, -0.2) is 0 Å². The summed E-state index contributed by atoms with van der Waals surface area (Å²) in [7, 11) is 0. The van der Waals surface area contributed by atoms with Crippen LogP contribution < -0.4 is 0 Å². The van der Waals surface area contributed by atoms with Crippen LogP contribution in [0.3, 0.4) is 0 Å². The monoisotopic (exact) mass is 168 g/mol. The van der Waals surface area contributed by atoms with Crippen molar-refractivity contribution in [2.24, 2.45) is 5.92 Å². The number of hydrogen-bond donors (Lipinski definition) is 2. The molecule has 0 bridgehead atoms. The Morgan fingerprint density at radius 3 is 2.67 bits per heavy atom. The topological polar surface area (TPSA) is 40.5 Å². The third kappa shape index (κ3) is 2.19. The number of rotatable bonds is 2. The lowest BCUT2D eigenvalue weighted by Crippen LogP contribution is -2.15. The van der Waals surface area contributed by atoms with Crippen molar-refractivity contribution in [1.29, 1.82) is 0 Å². The molecular formula is C10H16O2. The van der Waals surface area contributed by atoms with E-state index >= 15 is 0 Å². The minimum Gasteiger partial charge on any atom is -0.365 e. The van der Waals surface area contributed by atoms with E-state index in [1.54, 1.807) is 0 Å². The first kappa shape index (κ1) is 9.49. The van der Waals surface area contributed by atoms with Crippen LogP contribution in [0.1, 0.15) is 26.2 Å². The molecule has 0 fully saturated rings. The molecule has 0 spiro atoms. The quantitative estimate of drug-likeness (QED) is 0.485. The van der Waals surface area contributed by atoms with Crippen LogP contribution in [0.5, 0.6) is 0 Å². The van der Waals surface area contributed by atoms with Crippen LogP contribution >= 0.6 is 0 Å². The fourth-order valence-corrected chi connectivity index (χ4v) is 1.54. The predicted molar refractivity (Wildman–Crippen MR) is 48.5 cm³/mol. The van der Waals surface area contributed by atoms with E-state index in [4.69, 9.17) is 10.2 Å². The number of hydrogen-bond acceptors (Lipinski definition) is 2. The molecule has 0 heterocycles. The van der Waals surface area contributed by atoms with Crippen molar-refractivity contribution in [2.45, 2.75) is 32.5 Å². The van der Waals surface area contributed by atoms with Crippen LogP contribution in [0.25, 0.3) is 0 Å². The van der Waals surface area contributed by atoms with Crippen LogP contribution in [0.4, 0.5) is 0 Å². The van der Waals surface area contributed by atoms with Crippen LogP contribution in [-0.4, -0.2) is 16.5 Å². The Morgan fingerprint density at radius 1 is 1.67 bits per heavy atom. The van der Waals surface area contributed by atoms with Crippen LogP contribution in [0, 0.1) is 5.92 Å². The second kappa shape index (κ2) is 3.87. The van der Waals surface area contributed by atoms with Crippen molar-refractivity contribution < 1.29 is 10.2 Å². The summed E-state index contributed by atoms with van der Waals surface area (Å²) in [6.45, 7) is 5.92. The molecule has 12 heavy (non-hydrogen) atoms. The fourth-order valence-electron chi connectivity index (χ4n) is 1.54. The van der Waals surface area contributed by atoms with Gasteiger partial charge in [-0.1, -0.05) is 18.2 Å². The van der Waals surface area contributed by atoms with Gasteiger partial charge in [0.2, 0.25) is 0 Å². The molecule has 2 nitrogen and oxygen atoms in total. The van der Waals surface area contributed by atoms with Gasteiger partial charge in [0, 0.05) is 0 Å². The number of allylic oxidation sites excluding steroid dienone is 2. The molecule has 0 saturated carbocycles. The Labute approximate surface area is 73.2 Å². The molecule has 2 heteroatoms. The Kier molecular flexibility index (Phi) is 3.06. The first-order chi connectivity index (χ1) is 5.61. The molecule has 1 aliphatic carbocycles. The van der Waals surface area contributed by atoms with Gasteiger partial charge in [0.25, 0.3) is 0 Å². The maximum Gasteiger partial charge on any atom is 0.174 e. The SMILES string of the molecule is C=C(C)C1CC=C(C(O)O)CC1. The molecule has 1 aliphatic rings. The Hall–Kier alpha value is -0.600. The van der Waals surface area contributed by atoms with Crippen LogP contribution in [0.15, 0.2) is 23.8 Å². The highest BCUT2D eigenvalue weighted by Gasteiger charge is 2.17. The zero-order valence-electron chi connectivity index (χ0n) is 7.45. The van der Waals surface area contributed by atoms with E-state index in [2.05, 4.69) is 6.58 Å². The number of aliphatic hydroxyl groups excluding tert-OH is 1. The average Bonchev–Trinajstić information content (AvgIpc) is 2.04. The summed E-state index contributed by atoms with van der Waals surface area (Å²) in [5.74, 6) is 0.535. The molecule has 0 radical (unpaired) electrons. The van der Waals surface area contributed by atoms with Crippen molar-refractivity contribution in [3.05, 3.63) is 23.8 Å². The normalized spacial score (nSPS) is 24.0. The van der Waals surface area contributed by atoms with Gasteiger partial charge in [0.1, 0.15) is 0 Å². The summed E-state index contributed by atoms with van der Waals surface area (Å²) >= 11 is 0. The van der Waals surface area contributed by atoms with Gasteiger partial charge in [-0.2, -0.15) is 0 Å². The summed E-state index contributed by atoms with van der Waals surface area (Å²) in [6, 6.07) is 0. The second-order valence-corrected chi connectivity index (χ2v) is 3.47. The van der Waals surface area contributed by atoms with Crippen molar-refractivity contribution in [1.82, 2.24) is 0 Å². The molecule has 1 atom stereocenters. The zero-order chi connectivity index (χ0) is 9.14. The Balaban J connectivity index is 2.53. The zero-order valence-corrected chi connectivity index (χ0v) is 7.45. The maximum atomic E-state index is 8.87. The molecule has 0 aromatic rings. The summed E-state index contributed by atoms with van der Waals surface area (Å²) in [6.07, 6.45) is 3.36. The van der Waals surface area contributed by atoms with E-state index < -0.39 is 6.29 Å². The lowest BCUT2D eigenvalue weighted by molar-refractivity contribution is -0.0118. The summed E-state index contributed by atoms with van der Waals surface area (Å²) in [4.78, 5) is 0. The standard InChI is InChI=1S/C10H16O2/c1-7(2)8-3-5-9(6-4-8)10(11)12/h5,8,10-12H,1,3-4,6H2,2H3. The van der Waals surface area contributed by atoms with Gasteiger partial charge in [0.05, 0.1) is 0 Å². The first-order valence-corrected chi connectivity index (χ1v) is 4.31. The highest BCUT2D eigenvalue weighted by atomic mass is 16.5. The molecule has 0 saturated heterocycles. The summed E-state index contributed by atoms with van der Waals surface area (Å²) < 4.78 is 0. The van der Waals surface area contributed by atoms with Gasteiger partial charge < -0.3 is 10.2 Å². The summed E-state index contributed by atoms with van der Waals surface area (Å²) in [5, 5.41) is 17.7. The van der Waals surface area contributed by atoms with Gasteiger partial charge in [0.15, 0.2) is 6.29 Å². The smallest absolute Gasteiger partial charge is 0.174 e. The van der Waals surface area contributed by atoms with Crippen molar-refractivity contribution in [3.8, 4) is 0 Å². The van der Waals surface area contributed by atoms with E-state index in [0.717, 1.165) is 24.8 Å². The van der Waals surface area contributed by atoms with E-state index in [1.165, 1.54) is 5.57 Å². The molecule has 0 aromatic heterocycles. The van der Waals surface area contributed by atoms with Crippen LogP contribution in [-0.2, 0) is 0 Å². The predicted octanol–water partition coefficient (Wildman–Crippen LogP) is 1.60. The molecule has 1 unspecified atom stereocenters. The van der Waals surface area contributed by atoms with Crippen molar-refractivity contribution in [3.63, 3.8) is 0 Å². The van der Waals surface area contributed by atoms with E-state index in [9.17, 15) is 0 Å². The molecule has 2 N–H and O–H groups in total. The summed E-state index contributed by atoms with van der Waals surface area (Å²) in [5.41, 5.74) is 1.95. The first-order valence-electron chi connectivity index (χ1n) is 4.31. The second-order valence-electron chi connectivity index (χ2n) is 3.47. The largest absolute Gasteiger partial charge is 0.365 e. The molecule has 1 rings (SSSR count). The minimum absolute atomic E-state index is 0.535. The van der Waals surface area contributed by atoms with Crippen molar-refractivity contribution in [2.75, 3.05) is 0 Å². The third-order valence-electron chi connectivity index (χ3n) is 2.47. The maximum absolute atomic E-state index is 8.87. The van der Waals surface area contributed by atoms with E-state index in [1.807, 2.05) is 13.0 Å². The molecular weight excluding hydrogens is 152 g/mol. The highest BCUT2D eigenvalue weighted by molar-refractivity contribution is 5.13. The molecule has 0 aliphatic heterocycles. The number of aliphatic hydroxyl groups is 2. The fraction of sp³-hybridized carbons (Fsp3) is 0.600. The Morgan fingerprint density at radius 2 is 2.33 bits per heavy atom. The highest BCUT2D eigenvalue weighted by Crippen LogP contribution is 2.28. The lowest BCUT2D eigenvalue weighted by Gasteiger charge is -2.22. The van der Waals surface area contributed by atoms with Crippen molar-refractivity contribution >= 4 is 0 Å². The van der Waals surface area contributed by atoms with Gasteiger partial charge in [-0.15, -0.1) is 0 Å². The molecule has 0 aromatic carbocycles. The molecule has 0 amide bonds. The van der Waals surface area contributed by atoms with E-state index in [-0.39, 0.29) is 0 Å². The average molecular weight is 168 g/mol. The third-order valence-corrected chi connectivity index (χ3v) is 2.47. The van der Waals surface area contributed by atoms with Crippen LogP contribution in [0.2, 0.25) is 0 Å². The minimum atomic E-state index is -1.25. The van der Waals surface area contributed by atoms with E-state index in [0.29, 0.717) is 5.92 Å².